The summed E-state index contributed by atoms with van der Waals surface area (Å²) in [5, 5.41) is 3.42. The lowest BCUT2D eigenvalue weighted by molar-refractivity contribution is -0.122. The van der Waals surface area contributed by atoms with Gasteiger partial charge in [-0.3, -0.25) is 9.59 Å². The van der Waals surface area contributed by atoms with Gasteiger partial charge in [0.05, 0.1) is 28.9 Å². The first-order valence-electron chi connectivity index (χ1n) is 9.78. The molecule has 2 aromatic carbocycles. The average molecular weight is 415 g/mol. The number of nitrogens with zero attached hydrogens (tertiary/aromatic N) is 1. The number of anilines is 2. The molecule has 152 valence electrons. The Bertz CT molecular complexity index is 962. The van der Waals surface area contributed by atoms with Gasteiger partial charge in [0.15, 0.2) is 0 Å². The summed E-state index contributed by atoms with van der Waals surface area (Å²) in [6.07, 6.45) is 1.05. The molecule has 1 fully saturated rings. The van der Waals surface area contributed by atoms with E-state index in [2.05, 4.69) is 5.32 Å². The summed E-state index contributed by atoms with van der Waals surface area (Å²) in [7, 11) is 0. The van der Waals surface area contributed by atoms with Crippen molar-refractivity contribution in [3.05, 3.63) is 47.0 Å². The summed E-state index contributed by atoms with van der Waals surface area (Å²) in [5.41, 5.74) is 2.26. The van der Waals surface area contributed by atoms with E-state index >= 15 is 0 Å². The molecule has 2 heterocycles. The third-order valence-corrected chi connectivity index (χ3v) is 5.51. The van der Waals surface area contributed by atoms with E-state index in [-0.39, 0.29) is 30.9 Å². The van der Waals surface area contributed by atoms with Crippen LogP contribution >= 0.6 is 11.6 Å². The Balaban J connectivity index is 1.52. The summed E-state index contributed by atoms with van der Waals surface area (Å²) >= 11 is 6.22. The number of carbonyl (C=O) groups excluding carboxylic acids is 2. The Labute approximate surface area is 174 Å². The van der Waals surface area contributed by atoms with E-state index in [0.717, 1.165) is 17.7 Å². The first kappa shape index (κ1) is 19.6. The lowest BCUT2D eigenvalue weighted by Gasteiger charge is -2.18. The third kappa shape index (κ3) is 3.90. The number of para-hydroxylation sites is 1. The van der Waals surface area contributed by atoms with Crippen molar-refractivity contribution in [2.75, 3.05) is 23.4 Å². The van der Waals surface area contributed by atoms with Gasteiger partial charge in [0.2, 0.25) is 11.8 Å². The maximum Gasteiger partial charge on any atom is 0.229 e. The molecule has 0 aliphatic carbocycles. The number of amides is 2. The quantitative estimate of drug-likeness (QED) is 0.801. The molecule has 2 aliphatic rings. The Kier molecular flexibility index (Phi) is 5.37. The molecule has 2 unspecified atom stereocenters. The number of fused-ring (bicyclic) bond motifs is 1. The number of benzene rings is 2. The molecule has 0 saturated carbocycles. The highest BCUT2D eigenvalue weighted by Crippen LogP contribution is 2.39. The van der Waals surface area contributed by atoms with Crippen LogP contribution in [0, 0.1) is 5.92 Å². The Morgan fingerprint density at radius 3 is 2.86 bits per heavy atom. The van der Waals surface area contributed by atoms with Crippen molar-refractivity contribution in [2.24, 2.45) is 5.92 Å². The summed E-state index contributed by atoms with van der Waals surface area (Å²) in [6.45, 7) is 4.68. The van der Waals surface area contributed by atoms with Crippen LogP contribution in [-0.2, 0) is 16.0 Å². The normalized spacial score (nSPS) is 20.4. The molecule has 6 nitrogen and oxygen atoms in total. The molecule has 1 saturated heterocycles. The van der Waals surface area contributed by atoms with E-state index in [1.807, 2.05) is 38.1 Å². The zero-order chi connectivity index (χ0) is 20.5. The number of hydrogen-bond acceptors (Lipinski definition) is 4. The predicted molar refractivity (Wildman–Crippen MR) is 112 cm³/mol. The van der Waals surface area contributed by atoms with E-state index in [0.29, 0.717) is 28.8 Å². The van der Waals surface area contributed by atoms with Gasteiger partial charge in [-0.2, -0.15) is 0 Å². The van der Waals surface area contributed by atoms with Crippen molar-refractivity contribution in [1.29, 1.82) is 0 Å². The number of hydrogen-bond donors (Lipinski definition) is 1. The topological polar surface area (TPSA) is 67.9 Å². The minimum atomic E-state index is -0.471. The van der Waals surface area contributed by atoms with Gasteiger partial charge in [0, 0.05) is 31.0 Å². The summed E-state index contributed by atoms with van der Waals surface area (Å²) in [5.74, 6) is 0.566. The van der Waals surface area contributed by atoms with Crippen molar-refractivity contribution in [2.45, 2.75) is 32.8 Å². The zero-order valence-electron chi connectivity index (χ0n) is 16.4. The van der Waals surface area contributed by atoms with Crippen LogP contribution in [0.4, 0.5) is 11.4 Å². The van der Waals surface area contributed by atoms with Gasteiger partial charge in [-0.15, -0.1) is 0 Å². The molecule has 0 radical (unpaired) electrons. The van der Waals surface area contributed by atoms with Crippen LogP contribution in [0.15, 0.2) is 36.4 Å². The summed E-state index contributed by atoms with van der Waals surface area (Å²) < 4.78 is 11.5. The molecule has 7 heteroatoms. The van der Waals surface area contributed by atoms with E-state index in [1.165, 1.54) is 0 Å². The second-order valence-electron chi connectivity index (χ2n) is 7.37. The number of nitrogens with one attached hydrogen (secondary N) is 1. The maximum atomic E-state index is 12.9. The lowest BCUT2D eigenvalue weighted by atomic mass is 10.1. The Morgan fingerprint density at radius 1 is 1.31 bits per heavy atom. The van der Waals surface area contributed by atoms with E-state index in [9.17, 15) is 9.59 Å². The monoisotopic (exact) mass is 414 g/mol. The molecule has 29 heavy (non-hydrogen) atoms. The molecule has 2 amide bonds. The van der Waals surface area contributed by atoms with Crippen LogP contribution in [0.25, 0.3) is 0 Å². The predicted octanol–water partition coefficient (Wildman–Crippen LogP) is 4.05. The molecule has 2 aromatic rings. The number of rotatable bonds is 5. The number of ether oxygens (including phenoxy) is 2. The van der Waals surface area contributed by atoms with Crippen molar-refractivity contribution in [3.63, 3.8) is 0 Å². The second-order valence-corrected chi connectivity index (χ2v) is 7.77. The smallest absolute Gasteiger partial charge is 0.229 e. The van der Waals surface area contributed by atoms with Gasteiger partial charge in [-0.1, -0.05) is 23.7 Å². The number of halogens is 1. The van der Waals surface area contributed by atoms with Gasteiger partial charge in [0.1, 0.15) is 17.6 Å². The van der Waals surface area contributed by atoms with Crippen LogP contribution in [0.2, 0.25) is 5.02 Å². The molecule has 0 aromatic heterocycles. The molecule has 0 spiro atoms. The van der Waals surface area contributed by atoms with Crippen LogP contribution in [-0.4, -0.2) is 31.1 Å². The van der Waals surface area contributed by atoms with E-state index in [4.69, 9.17) is 21.1 Å². The minimum absolute atomic E-state index is 0.0991. The largest absolute Gasteiger partial charge is 0.492 e. The average Bonchev–Trinajstić information content (AvgIpc) is 3.24. The molecular formula is C22H23ClN2O4. The van der Waals surface area contributed by atoms with E-state index < -0.39 is 5.92 Å². The molecule has 1 N–H and O–H groups in total. The van der Waals surface area contributed by atoms with Crippen molar-refractivity contribution in [3.8, 4) is 11.5 Å². The zero-order valence-corrected chi connectivity index (χ0v) is 17.2. The highest BCUT2D eigenvalue weighted by atomic mass is 35.5. The van der Waals surface area contributed by atoms with Gasteiger partial charge >= 0.3 is 0 Å². The maximum absolute atomic E-state index is 12.9. The number of carbonyl (C=O) groups is 2. The second kappa shape index (κ2) is 7.95. The highest BCUT2D eigenvalue weighted by Gasteiger charge is 2.36. The Morgan fingerprint density at radius 2 is 2.10 bits per heavy atom. The summed E-state index contributed by atoms with van der Waals surface area (Å²) in [4.78, 5) is 27.0. The molecule has 2 aliphatic heterocycles. The molecule has 2 atom stereocenters. The minimum Gasteiger partial charge on any atom is -0.492 e. The summed E-state index contributed by atoms with van der Waals surface area (Å²) in [6, 6.07) is 10.9. The standard InChI is InChI=1S/C22H23ClN2O4/c1-3-28-20-9-14-8-13(2)29-19(14)11-17(20)24-22(27)15-10-21(26)25(12-15)18-7-5-4-6-16(18)23/h4-7,9,11,13,15H,3,8,10,12H2,1-2H3,(H,24,27). The fourth-order valence-electron chi connectivity index (χ4n) is 3.83. The molecule has 0 bridgehead atoms. The fourth-order valence-corrected chi connectivity index (χ4v) is 4.07. The van der Waals surface area contributed by atoms with Crippen molar-refractivity contribution in [1.82, 2.24) is 0 Å². The van der Waals surface area contributed by atoms with Gasteiger partial charge in [0.25, 0.3) is 0 Å². The van der Waals surface area contributed by atoms with Gasteiger partial charge in [-0.05, 0) is 32.0 Å². The first-order valence-corrected chi connectivity index (χ1v) is 10.2. The molecular weight excluding hydrogens is 392 g/mol. The lowest BCUT2D eigenvalue weighted by Crippen LogP contribution is -2.28. The van der Waals surface area contributed by atoms with Gasteiger partial charge < -0.3 is 19.7 Å². The SMILES string of the molecule is CCOc1cc2c(cc1NC(=O)C1CC(=O)N(c3ccccc3Cl)C1)OC(C)C2. The Hall–Kier alpha value is -2.73. The van der Waals surface area contributed by atoms with Crippen LogP contribution in [0.3, 0.4) is 0 Å². The molecule has 4 rings (SSSR count). The van der Waals surface area contributed by atoms with Gasteiger partial charge in [-0.25, -0.2) is 0 Å². The highest BCUT2D eigenvalue weighted by molar-refractivity contribution is 6.33. The van der Waals surface area contributed by atoms with Crippen LogP contribution in [0.5, 0.6) is 11.5 Å². The van der Waals surface area contributed by atoms with Crippen molar-refractivity contribution >= 4 is 34.8 Å². The van der Waals surface area contributed by atoms with E-state index in [1.54, 1.807) is 17.0 Å². The van der Waals surface area contributed by atoms with Crippen LogP contribution in [0.1, 0.15) is 25.8 Å². The first-order chi connectivity index (χ1) is 14.0. The fraction of sp³-hybridized carbons (Fsp3) is 0.364. The third-order valence-electron chi connectivity index (χ3n) is 5.20. The van der Waals surface area contributed by atoms with Crippen LogP contribution < -0.4 is 19.7 Å². The van der Waals surface area contributed by atoms with Crippen molar-refractivity contribution < 1.29 is 19.1 Å².